The first-order valence-electron chi connectivity index (χ1n) is 6.68. The number of anilines is 1. The standard InChI is InChI=1S/C17H14N2O2/c1-10(13-8-5-9-14(18-13)11(2)20)16-12-6-3-4-7-15(12)19-17(16)21/h3-9H,1-2H3,(H,19,21)/b16-10+. The maximum atomic E-state index is 12.2. The second-order valence-corrected chi connectivity index (χ2v) is 4.96. The summed E-state index contributed by atoms with van der Waals surface area (Å²) in [5.74, 6) is -0.227. The fraction of sp³-hybridized carbons (Fsp3) is 0.118. The van der Waals surface area contributed by atoms with Crippen LogP contribution in [0.5, 0.6) is 0 Å². The van der Waals surface area contributed by atoms with Crippen LogP contribution in [0.3, 0.4) is 0 Å². The van der Waals surface area contributed by atoms with Gasteiger partial charge in [0.15, 0.2) is 5.78 Å². The number of hydrogen-bond donors (Lipinski definition) is 1. The average molecular weight is 278 g/mol. The molecule has 4 heteroatoms. The molecule has 1 aliphatic rings. The highest BCUT2D eigenvalue weighted by Crippen LogP contribution is 2.36. The highest BCUT2D eigenvalue weighted by atomic mass is 16.2. The number of pyridine rings is 1. The summed E-state index contributed by atoms with van der Waals surface area (Å²) in [6, 6.07) is 12.8. The molecule has 21 heavy (non-hydrogen) atoms. The third kappa shape index (κ3) is 2.25. The van der Waals surface area contributed by atoms with Crippen LogP contribution in [-0.2, 0) is 4.79 Å². The monoisotopic (exact) mass is 278 g/mol. The lowest BCUT2D eigenvalue weighted by Gasteiger charge is -2.06. The number of carbonyl (C=O) groups is 2. The molecule has 0 saturated carbocycles. The summed E-state index contributed by atoms with van der Waals surface area (Å²) < 4.78 is 0. The zero-order valence-corrected chi connectivity index (χ0v) is 11.8. The number of allylic oxidation sites excluding steroid dienone is 1. The summed E-state index contributed by atoms with van der Waals surface area (Å²) in [4.78, 5) is 28.0. The van der Waals surface area contributed by atoms with Crippen molar-refractivity contribution in [2.24, 2.45) is 0 Å². The topological polar surface area (TPSA) is 59.1 Å². The number of nitrogens with zero attached hydrogens (tertiary/aromatic N) is 1. The molecule has 0 aliphatic carbocycles. The van der Waals surface area contributed by atoms with Gasteiger partial charge >= 0.3 is 0 Å². The van der Waals surface area contributed by atoms with E-state index >= 15 is 0 Å². The SMILES string of the molecule is CC(=O)c1cccc(/C(C)=C2/C(=O)Nc3ccccc32)n1. The van der Waals surface area contributed by atoms with E-state index in [1.54, 1.807) is 12.1 Å². The van der Waals surface area contributed by atoms with Gasteiger partial charge in [0.1, 0.15) is 5.69 Å². The van der Waals surface area contributed by atoms with Crippen LogP contribution in [-0.4, -0.2) is 16.7 Å². The number of ketones is 1. The van der Waals surface area contributed by atoms with E-state index in [1.165, 1.54) is 6.92 Å². The summed E-state index contributed by atoms with van der Waals surface area (Å²) >= 11 is 0. The molecule has 2 heterocycles. The van der Waals surface area contributed by atoms with Crippen LogP contribution in [0.2, 0.25) is 0 Å². The van der Waals surface area contributed by atoms with Gasteiger partial charge < -0.3 is 5.32 Å². The molecule has 0 atom stereocenters. The zero-order chi connectivity index (χ0) is 15.0. The maximum Gasteiger partial charge on any atom is 0.256 e. The van der Waals surface area contributed by atoms with Gasteiger partial charge in [0.2, 0.25) is 0 Å². The number of rotatable bonds is 2. The van der Waals surface area contributed by atoms with Gasteiger partial charge in [-0.15, -0.1) is 0 Å². The van der Waals surface area contributed by atoms with Crippen LogP contribution in [0.15, 0.2) is 42.5 Å². The molecule has 4 nitrogen and oxygen atoms in total. The number of benzene rings is 1. The Kier molecular flexibility index (Phi) is 3.14. The van der Waals surface area contributed by atoms with Crippen LogP contribution in [0.4, 0.5) is 5.69 Å². The Labute approximate surface area is 122 Å². The van der Waals surface area contributed by atoms with Crippen LogP contribution in [0, 0.1) is 0 Å². The van der Waals surface area contributed by atoms with Crippen molar-refractivity contribution < 1.29 is 9.59 Å². The summed E-state index contributed by atoms with van der Waals surface area (Å²) in [6.45, 7) is 3.33. The van der Waals surface area contributed by atoms with Crippen molar-refractivity contribution in [1.82, 2.24) is 4.98 Å². The molecule has 2 aromatic rings. The minimum absolute atomic E-state index is 0.0917. The Hall–Kier alpha value is -2.75. The van der Waals surface area contributed by atoms with E-state index in [0.29, 0.717) is 17.0 Å². The largest absolute Gasteiger partial charge is 0.321 e. The van der Waals surface area contributed by atoms with Crippen LogP contribution < -0.4 is 5.32 Å². The Morgan fingerprint density at radius 1 is 1.00 bits per heavy atom. The lowest BCUT2D eigenvalue weighted by molar-refractivity contribution is -0.110. The first-order valence-corrected chi connectivity index (χ1v) is 6.68. The number of hydrogen-bond acceptors (Lipinski definition) is 3. The van der Waals surface area contributed by atoms with Gasteiger partial charge in [0, 0.05) is 18.2 Å². The van der Waals surface area contributed by atoms with Gasteiger partial charge in [-0.25, -0.2) is 4.98 Å². The smallest absolute Gasteiger partial charge is 0.256 e. The molecule has 1 aliphatic heterocycles. The molecular formula is C17H14N2O2. The minimum Gasteiger partial charge on any atom is -0.321 e. The third-order valence-electron chi connectivity index (χ3n) is 3.54. The number of amides is 1. The lowest BCUT2D eigenvalue weighted by atomic mass is 9.99. The zero-order valence-electron chi connectivity index (χ0n) is 11.8. The summed E-state index contributed by atoms with van der Waals surface area (Å²) in [5, 5.41) is 2.84. The maximum absolute atomic E-state index is 12.2. The van der Waals surface area contributed by atoms with Gasteiger partial charge in [0.05, 0.1) is 11.3 Å². The predicted octanol–water partition coefficient (Wildman–Crippen LogP) is 3.17. The number of para-hydroxylation sites is 1. The first kappa shape index (κ1) is 13.2. The quantitative estimate of drug-likeness (QED) is 0.678. The van der Waals surface area contributed by atoms with E-state index in [2.05, 4.69) is 10.3 Å². The number of aromatic nitrogens is 1. The number of fused-ring (bicyclic) bond motifs is 1. The fourth-order valence-electron chi connectivity index (χ4n) is 2.46. The molecule has 1 aromatic heterocycles. The van der Waals surface area contributed by atoms with Gasteiger partial charge in [-0.3, -0.25) is 9.59 Å². The molecule has 0 radical (unpaired) electrons. The molecule has 1 aromatic carbocycles. The number of carbonyl (C=O) groups excluding carboxylic acids is 2. The molecule has 0 saturated heterocycles. The molecule has 3 rings (SSSR count). The van der Waals surface area contributed by atoms with Crippen molar-refractivity contribution >= 4 is 28.5 Å². The second kappa shape index (κ2) is 4.98. The Morgan fingerprint density at radius 3 is 2.48 bits per heavy atom. The number of nitrogens with one attached hydrogen (secondary N) is 1. The highest BCUT2D eigenvalue weighted by Gasteiger charge is 2.26. The lowest BCUT2D eigenvalue weighted by Crippen LogP contribution is -2.06. The van der Waals surface area contributed by atoms with E-state index in [1.807, 2.05) is 37.3 Å². The van der Waals surface area contributed by atoms with Gasteiger partial charge in [0.25, 0.3) is 5.91 Å². The average Bonchev–Trinajstić information content (AvgIpc) is 2.82. The first-order chi connectivity index (χ1) is 10.1. The van der Waals surface area contributed by atoms with Crippen molar-refractivity contribution in [3.63, 3.8) is 0 Å². The molecule has 1 N–H and O–H groups in total. The van der Waals surface area contributed by atoms with Gasteiger partial charge in [-0.1, -0.05) is 24.3 Å². The molecule has 104 valence electrons. The Morgan fingerprint density at radius 2 is 1.71 bits per heavy atom. The summed E-state index contributed by atoms with van der Waals surface area (Å²) in [7, 11) is 0. The Balaban J connectivity index is 2.16. The van der Waals surface area contributed by atoms with E-state index in [9.17, 15) is 9.59 Å². The van der Waals surface area contributed by atoms with Crippen LogP contribution >= 0.6 is 0 Å². The van der Waals surface area contributed by atoms with Gasteiger partial charge in [-0.2, -0.15) is 0 Å². The van der Waals surface area contributed by atoms with Crippen molar-refractivity contribution in [3.8, 4) is 0 Å². The Bertz CT molecular complexity index is 791. The molecule has 0 spiro atoms. The molecule has 1 amide bonds. The van der Waals surface area contributed by atoms with Crippen LogP contribution in [0.1, 0.15) is 35.6 Å². The fourth-order valence-corrected chi connectivity index (χ4v) is 2.46. The van der Waals surface area contributed by atoms with Crippen LogP contribution in [0.25, 0.3) is 11.1 Å². The molecule has 0 fully saturated rings. The van der Waals surface area contributed by atoms with Crippen molar-refractivity contribution in [1.29, 1.82) is 0 Å². The third-order valence-corrected chi connectivity index (χ3v) is 3.54. The molecule has 0 unspecified atom stereocenters. The second-order valence-electron chi connectivity index (χ2n) is 4.96. The predicted molar refractivity (Wildman–Crippen MR) is 81.8 cm³/mol. The highest BCUT2D eigenvalue weighted by molar-refractivity contribution is 6.36. The van der Waals surface area contributed by atoms with E-state index in [0.717, 1.165) is 16.8 Å². The van der Waals surface area contributed by atoms with E-state index in [4.69, 9.17) is 0 Å². The molecule has 0 bridgehead atoms. The van der Waals surface area contributed by atoms with Crippen molar-refractivity contribution in [3.05, 3.63) is 59.4 Å². The van der Waals surface area contributed by atoms with E-state index in [-0.39, 0.29) is 11.7 Å². The summed E-state index contributed by atoms with van der Waals surface area (Å²) in [6.07, 6.45) is 0. The van der Waals surface area contributed by atoms with E-state index < -0.39 is 0 Å². The minimum atomic E-state index is -0.135. The van der Waals surface area contributed by atoms with Gasteiger partial charge in [-0.05, 0) is 30.7 Å². The number of Topliss-reactive ketones (excluding diaryl/α,β-unsaturated/α-hetero) is 1. The normalized spacial score (nSPS) is 15.4. The van der Waals surface area contributed by atoms with Crippen molar-refractivity contribution in [2.75, 3.05) is 5.32 Å². The summed E-state index contributed by atoms with van der Waals surface area (Å²) in [5.41, 5.74) is 4.10. The van der Waals surface area contributed by atoms with Crippen molar-refractivity contribution in [2.45, 2.75) is 13.8 Å². The molecular weight excluding hydrogens is 264 g/mol.